The van der Waals surface area contributed by atoms with E-state index in [0.29, 0.717) is 17.6 Å². The van der Waals surface area contributed by atoms with Crippen LogP contribution in [0.3, 0.4) is 0 Å². The molecular formula is C34H39N3O6. The highest BCUT2D eigenvalue weighted by atomic mass is 16.6. The van der Waals surface area contributed by atoms with E-state index in [1.807, 2.05) is 60.8 Å². The van der Waals surface area contributed by atoms with Crippen LogP contribution >= 0.6 is 0 Å². The van der Waals surface area contributed by atoms with Crippen molar-refractivity contribution in [3.8, 4) is 5.75 Å². The van der Waals surface area contributed by atoms with Crippen molar-refractivity contribution in [2.75, 3.05) is 6.54 Å². The first-order chi connectivity index (χ1) is 20.8. The van der Waals surface area contributed by atoms with Crippen LogP contribution in [0.2, 0.25) is 0 Å². The number of likely N-dealkylation sites (tertiary alicyclic amines) is 1. The van der Waals surface area contributed by atoms with Crippen molar-refractivity contribution in [2.24, 2.45) is 23.7 Å². The Morgan fingerprint density at radius 1 is 0.953 bits per heavy atom. The molecule has 3 aromatic rings. The number of para-hydroxylation sites is 2. The highest BCUT2D eigenvalue weighted by Crippen LogP contribution is 2.54. The number of carbonyl (C=O) groups excluding carboxylic acids is 2. The molecular weight excluding hydrogens is 546 g/mol. The summed E-state index contributed by atoms with van der Waals surface area (Å²) in [5, 5.41) is 14.0. The van der Waals surface area contributed by atoms with Gasteiger partial charge in [-0.3, -0.25) is 4.79 Å². The molecule has 3 atom stereocenters. The Morgan fingerprint density at radius 3 is 2.33 bits per heavy atom. The number of fused-ring (bicyclic) bond motifs is 1. The highest BCUT2D eigenvalue weighted by Gasteiger charge is 2.51. The minimum atomic E-state index is -1.46. The standard InChI is InChI=1S/C34H39N3O6/c1-34(17-24-18-35-28-10-6-5-9-27(24)28,36-33(41)43-30-22-12-20-11-21(14-22)15-23(30)13-20)32(40)37-19-26(16-29(37)31(38)39)42-25-7-3-2-4-8-25/h2-10,18,20-23,26,29-30,35H,11-17,19H2,1H3,(H,36,41)(H,38,39)/t20?,21?,22?,23?,26-,29+,30?,34-/m0/s1. The number of rotatable bonds is 8. The molecule has 4 aliphatic carbocycles. The number of ether oxygens (including phenoxy) is 2. The van der Waals surface area contributed by atoms with Gasteiger partial charge >= 0.3 is 12.1 Å². The number of aromatic amines is 1. The van der Waals surface area contributed by atoms with Crippen LogP contribution in [-0.4, -0.2) is 63.3 Å². The van der Waals surface area contributed by atoms with Crippen LogP contribution in [0.25, 0.3) is 10.9 Å². The van der Waals surface area contributed by atoms with Crippen LogP contribution in [0.1, 0.15) is 51.0 Å². The van der Waals surface area contributed by atoms with E-state index in [9.17, 15) is 19.5 Å². The molecule has 1 saturated heterocycles. The summed E-state index contributed by atoms with van der Waals surface area (Å²) >= 11 is 0. The molecule has 43 heavy (non-hydrogen) atoms. The third-order valence-electron chi connectivity index (χ3n) is 10.3. The van der Waals surface area contributed by atoms with Gasteiger partial charge in [0.15, 0.2) is 0 Å². The van der Waals surface area contributed by atoms with E-state index in [1.54, 1.807) is 6.92 Å². The number of H-pyrrole nitrogens is 1. The van der Waals surface area contributed by atoms with Gasteiger partial charge in [0, 0.05) is 29.9 Å². The first-order valence-electron chi connectivity index (χ1n) is 15.5. The van der Waals surface area contributed by atoms with E-state index in [4.69, 9.17) is 9.47 Å². The second-order valence-electron chi connectivity index (χ2n) is 13.4. The van der Waals surface area contributed by atoms with Crippen LogP contribution in [0.15, 0.2) is 60.8 Å². The number of aliphatic carboxylic acids is 1. The van der Waals surface area contributed by atoms with Crippen molar-refractivity contribution in [3.63, 3.8) is 0 Å². The number of benzene rings is 2. The number of carboxylic acids is 1. The van der Waals surface area contributed by atoms with Gasteiger partial charge in [-0.2, -0.15) is 0 Å². The number of nitrogens with zero attached hydrogens (tertiary/aromatic N) is 1. The van der Waals surface area contributed by atoms with Crippen molar-refractivity contribution < 1.29 is 29.0 Å². The summed E-state index contributed by atoms with van der Waals surface area (Å²) < 4.78 is 12.2. The van der Waals surface area contributed by atoms with E-state index in [1.165, 1.54) is 11.3 Å². The monoisotopic (exact) mass is 585 g/mol. The fourth-order valence-electron chi connectivity index (χ4n) is 8.63. The number of carbonyl (C=O) groups is 3. The SMILES string of the molecule is C[C@@](Cc1c[nH]c2ccccc12)(NC(=O)OC1C2CC3CC(C2)CC1C3)C(=O)N1C[C@@H](Oc2ccccc2)C[C@@H]1C(=O)O. The van der Waals surface area contributed by atoms with Crippen molar-refractivity contribution >= 4 is 28.9 Å². The number of alkyl carbamates (subject to hydrolysis) is 1. The lowest BCUT2D eigenvalue weighted by Gasteiger charge is -2.53. The Kier molecular flexibility index (Phi) is 7.06. The van der Waals surface area contributed by atoms with Gasteiger partial charge in [-0.05, 0) is 86.5 Å². The molecule has 1 aromatic heterocycles. The van der Waals surface area contributed by atoms with Crippen molar-refractivity contribution in [1.29, 1.82) is 0 Å². The third kappa shape index (κ3) is 5.34. The number of aromatic nitrogens is 1. The zero-order chi connectivity index (χ0) is 29.7. The minimum Gasteiger partial charge on any atom is -0.488 e. The van der Waals surface area contributed by atoms with E-state index in [2.05, 4.69) is 10.3 Å². The van der Waals surface area contributed by atoms with Gasteiger partial charge in [-0.1, -0.05) is 36.4 Å². The average molecular weight is 586 g/mol. The molecule has 5 fully saturated rings. The molecule has 0 unspecified atom stereocenters. The minimum absolute atomic E-state index is 0.0977. The molecule has 5 aliphatic rings. The smallest absolute Gasteiger partial charge is 0.408 e. The first-order valence-corrected chi connectivity index (χ1v) is 15.5. The summed E-state index contributed by atoms with van der Waals surface area (Å²) in [5.41, 5.74) is 0.317. The summed E-state index contributed by atoms with van der Waals surface area (Å²) in [6.07, 6.45) is 6.64. The molecule has 2 aromatic carbocycles. The molecule has 0 radical (unpaired) electrons. The molecule has 4 bridgehead atoms. The van der Waals surface area contributed by atoms with Gasteiger partial charge < -0.3 is 29.8 Å². The topological polar surface area (TPSA) is 121 Å². The number of hydrogen-bond donors (Lipinski definition) is 3. The van der Waals surface area contributed by atoms with E-state index < -0.39 is 35.7 Å². The zero-order valence-corrected chi connectivity index (χ0v) is 24.4. The summed E-state index contributed by atoms with van der Waals surface area (Å²) in [6.45, 7) is 1.78. The van der Waals surface area contributed by atoms with Gasteiger partial charge in [-0.15, -0.1) is 0 Å². The Morgan fingerprint density at radius 2 is 1.63 bits per heavy atom. The normalized spacial score (nSPS) is 30.6. The van der Waals surface area contributed by atoms with Crippen molar-refractivity contribution in [2.45, 2.75) is 75.7 Å². The largest absolute Gasteiger partial charge is 0.488 e. The zero-order valence-electron chi connectivity index (χ0n) is 24.4. The molecule has 9 nitrogen and oxygen atoms in total. The van der Waals surface area contributed by atoms with Gasteiger partial charge in [0.25, 0.3) is 0 Å². The number of hydrogen-bond acceptors (Lipinski definition) is 5. The number of amides is 2. The Hall–Kier alpha value is -4.01. The Balaban J connectivity index is 1.14. The highest BCUT2D eigenvalue weighted by molar-refractivity contribution is 5.94. The number of carboxylic acid groups (broad SMARTS) is 1. The summed E-state index contributed by atoms with van der Waals surface area (Å²) in [7, 11) is 0. The van der Waals surface area contributed by atoms with Crippen LogP contribution in [-0.2, 0) is 20.7 Å². The second kappa shape index (κ2) is 10.9. The molecule has 226 valence electrons. The Bertz CT molecular complexity index is 1490. The molecule has 0 spiro atoms. The van der Waals surface area contributed by atoms with Gasteiger partial charge in [0.1, 0.15) is 29.5 Å². The van der Waals surface area contributed by atoms with Gasteiger partial charge in [0.05, 0.1) is 6.54 Å². The van der Waals surface area contributed by atoms with Crippen LogP contribution in [0.5, 0.6) is 5.75 Å². The van der Waals surface area contributed by atoms with E-state index >= 15 is 0 Å². The Labute approximate surface area is 250 Å². The summed E-state index contributed by atoms with van der Waals surface area (Å²) in [6, 6.07) is 15.9. The molecule has 8 rings (SSSR count). The van der Waals surface area contributed by atoms with Gasteiger partial charge in [0.2, 0.25) is 5.91 Å². The lowest BCUT2D eigenvalue weighted by atomic mass is 9.55. The van der Waals surface area contributed by atoms with Crippen LogP contribution in [0, 0.1) is 23.7 Å². The molecule has 1 aliphatic heterocycles. The van der Waals surface area contributed by atoms with E-state index in [-0.39, 0.29) is 25.5 Å². The summed E-state index contributed by atoms with van der Waals surface area (Å²) in [5.74, 6) is 1.29. The van der Waals surface area contributed by atoms with Crippen molar-refractivity contribution in [3.05, 3.63) is 66.4 Å². The molecule has 2 heterocycles. The van der Waals surface area contributed by atoms with Crippen LogP contribution in [0.4, 0.5) is 4.79 Å². The summed E-state index contributed by atoms with van der Waals surface area (Å²) in [4.78, 5) is 45.1. The predicted octanol–water partition coefficient (Wildman–Crippen LogP) is 5.15. The first kappa shape index (κ1) is 27.8. The maximum absolute atomic E-state index is 14.4. The third-order valence-corrected chi connectivity index (χ3v) is 10.3. The molecule has 4 saturated carbocycles. The average Bonchev–Trinajstić information content (AvgIpc) is 3.59. The lowest BCUT2D eigenvalue weighted by Crippen LogP contribution is -2.61. The number of nitrogens with one attached hydrogen (secondary N) is 2. The van der Waals surface area contributed by atoms with Gasteiger partial charge in [-0.25, -0.2) is 9.59 Å². The quantitative estimate of drug-likeness (QED) is 0.336. The fourth-order valence-corrected chi connectivity index (χ4v) is 8.63. The molecule has 9 heteroatoms. The molecule has 3 N–H and O–H groups in total. The lowest BCUT2D eigenvalue weighted by molar-refractivity contribution is -0.151. The van der Waals surface area contributed by atoms with Crippen LogP contribution < -0.4 is 10.1 Å². The maximum atomic E-state index is 14.4. The molecule has 2 amide bonds. The second-order valence-corrected chi connectivity index (χ2v) is 13.4. The maximum Gasteiger partial charge on any atom is 0.408 e. The van der Waals surface area contributed by atoms with Crippen molar-refractivity contribution in [1.82, 2.24) is 15.2 Å². The predicted molar refractivity (Wildman–Crippen MR) is 159 cm³/mol. The van der Waals surface area contributed by atoms with E-state index in [0.717, 1.165) is 54.0 Å². The fraction of sp³-hybridized carbons (Fsp3) is 0.500.